The van der Waals surface area contributed by atoms with Crippen LogP contribution in [-0.2, 0) is 20.2 Å². The van der Waals surface area contributed by atoms with E-state index in [4.69, 9.17) is 0 Å². The van der Waals surface area contributed by atoms with Gasteiger partial charge in [0.05, 0.1) is 57.3 Å². The second-order valence-corrected chi connectivity index (χ2v) is 26.0. The third-order valence-corrected chi connectivity index (χ3v) is 9.24. The molecule has 33 heteroatoms. The van der Waals surface area contributed by atoms with Crippen LogP contribution in [0.3, 0.4) is 0 Å². The van der Waals surface area contributed by atoms with Crippen molar-refractivity contribution in [3.63, 3.8) is 0 Å². The predicted octanol–water partition coefficient (Wildman–Crippen LogP) is 13.6. The number of benzene rings is 4. The molecule has 0 spiro atoms. The summed E-state index contributed by atoms with van der Waals surface area (Å²) < 4.78 is 240. The van der Waals surface area contributed by atoms with E-state index in [0.29, 0.717) is 6.42 Å². The molecule has 4 aromatic rings. The van der Waals surface area contributed by atoms with Crippen LogP contribution in [0.15, 0.2) is 102 Å². The number of halogens is 18. The van der Waals surface area contributed by atoms with Crippen molar-refractivity contribution < 1.29 is 161 Å². The molecule has 0 aliphatic rings. The molecule has 8 nitrogen and oxygen atoms in total. The molecular weight excluding hydrogens is 1170 g/mol. The van der Waals surface area contributed by atoms with E-state index < -0.39 is 43.7 Å². The summed E-state index contributed by atoms with van der Waals surface area (Å²) >= 11 is 0. The molecule has 0 fully saturated rings. The minimum Gasteiger partial charge on any atom is 1.00 e. The first kappa shape index (κ1) is 84.9. The monoisotopic (exact) mass is 1240 g/mol. The van der Waals surface area contributed by atoms with Crippen molar-refractivity contribution in [1.82, 2.24) is 8.97 Å². The quantitative estimate of drug-likeness (QED) is 0.0542. The van der Waals surface area contributed by atoms with Crippen LogP contribution in [0.25, 0.3) is 11.1 Å². The Bertz CT molecular complexity index is 2380. The Balaban J connectivity index is -0.000000186. The third-order valence-electron chi connectivity index (χ3n) is 7.60. The Kier molecular flexibility index (Phi) is 32.7. The maximum absolute atomic E-state index is 10.7. The van der Waals surface area contributed by atoms with Crippen molar-refractivity contribution in [1.29, 1.82) is 0 Å². The molecule has 0 radical (unpaired) electrons. The number of unbranched alkanes of at least 4 members (excludes halogenated alkanes) is 3. The molecule has 4 rings (SSSR count). The van der Waals surface area contributed by atoms with Crippen LogP contribution < -0.4 is 68.1 Å². The molecule has 0 unspecified atom stereocenters. The first-order chi connectivity index (χ1) is 31.3. The van der Waals surface area contributed by atoms with Crippen LogP contribution in [0.1, 0.15) is 69.6 Å². The third kappa shape index (κ3) is 79.2. The smallest absolute Gasteiger partial charge is 1.00 e. The Morgan fingerprint density at radius 3 is 0.760 bits per heavy atom. The van der Waals surface area contributed by atoms with E-state index in [1.54, 1.807) is 12.1 Å². The number of hydrogen-bond acceptors (Lipinski definition) is 6. The van der Waals surface area contributed by atoms with Crippen LogP contribution >= 0.6 is 23.4 Å². The molecule has 0 atom stereocenters. The molecular formula is C42H64F18N2Na2O6P3S2-. The number of hydrogen-bond donors (Lipinski definition) is 0. The van der Waals surface area contributed by atoms with Crippen molar-refractivity contribution in [2.45, 2.75) is 78.5 Å². The van der Waals surface area contributed by atoms with Gasteiger partial charge in [-0.3, -0.25) is 8.97 Å². The zero-order valence-corrected chi connectivity index (χ0v) is 52.1. The Labute approximate surface area is 472 Å². The van der Waals surface area contributed by atoms with Gasteiger partial charge < -0.3 is 9.11 Å². The van der Waals surface area contributed by atoms with Crippen molar-refractivity contribution in [3.05, 3.63) is 114 Å². The fourth-order valence-electron chi connectivity index (χ4n) is 4.22. The predicted molar refractivity (Wildman–Crippen MR) is 261 cm³/mol. The summed E-state index contributed by atoms with van der Waals surface area (Å²) in [7, 11) is -27.1. The van der Waals surface area contributed by atoms with Gasteiger partial charge in [0.2, 0.25) is 0 Å². The normalized spacial score (nSPS) is 14.3. The fraction of sp³-hybridized carbons (Fsp3) is 0.429. The molecule has 75 heavy (non-hydrogen) atoms. The van der Waals surface area contributed by atoms with Crippen LogP contribution in [-0.4, -0.2) is 74.0 Å². The second-order valence-electron chi connectivity index (χ2n) is 17.4. The van der Waals surface area contributed by atoms with Crippen LogP contribution in [0, 0.1) is 20.8 Å². The van der Waals surface area contributed by atoms with Gasteiger partial charge in [-0.1, -0.05) is 112 Å². The van der Waals surface area contributed by atoms with Gasteiger partial charge in [0.15, 0.2) is 0 Å². The Morgan fingerprint density at radius 1 is 0.387 bits per heavy atom. The minimum absolute atomic E-state index is 0. The molecule has 0 heterocycles. The summed E-state index contributed by atoms with van der Waals surface area (Å²) in [4.78, 5) is -0.178. The largest absolute Gasteiger partial charge is 1.00 e. The van der Waals surface area contributed by atoms with Crippen molar-refractivity contribution >= 4 is 55.0 Å². The molecule has 0 bridgehead atoms. The average molecular weight is 1240 g/mol. The van der Waals surface area contributed by atoms with Gasteiger partial charge in [0.25, 0.3) is 0 Å². The zero-order valence-electron chi connectivity index (χ0n) is 43.8. The topological polar surface area (TPSA) is 114 Å². The van der Waals surface area contributed by atoms with E-state index in [2.05, 4.69) is 143 Å². The fourth-order valence-corrected chi connectivity index (χ4v) is 5.33. The number of nitrogens with zero attached hydrogens (tertiary/aromatic N) is 2. The van der Waals surface area contributed by atoms with Gasteiger partial charge >= 0.3 is 158 Å². The standard InChI is InChI=1S/C16H20N.C10H16N.C7H8O3S.C5H12.C4H10O3S.3F6P.2Na/c1-13-5-7-14(8-6-13)15-9-11-16(12-10-15)17(2,3)4;1-9-5-7-10(8-6-9)11(2,3)4;1-6-2-4-7(5-3-6)11(8,9)10;1-3-5-4-2;1-2-3-4-8(5,6)7;3*1-7(2,3,4,5)6;;/h5-12H,1-4H3;5-8H,1-4H3;2-5H,1H3,(H,8,9,10);3-5H2,1-2H3;2-4H2,1H3,(H,5,6,7);;;;;/q2*+1;;;;3*-1;2*+1/p-2. The van der Waals surface area contributed by atoms with Crippen LogP contribution in [0.4, 0.5) is 86.9 Å². The molecule has 0 aliphatic carbocycles. The second kappa shape index (κ2) is 28.9. The van der Waals surface area contributed by atoms with E-state index in [1.807, 2.05) is 13.8 Å². The summed E-state index contributed by atoms with van der Waals surface area (Å²) in [6, 6.07) is 31.9. The number of quaternary nitrogens is 2. The average Bonchev–Trinajstić information content (AvgIpc) is 3.11. The van der Waals surface area contributed by atoms with E-state index in [9.17, 15) is 101 Å². The first-order valence-corrected chi connectivity index (χ1v) is 29.9. The molecule has 0 N–H and O–H groups in total. The number of rotatable bonds is 9. The molecule has 0 aliphatic heterocycles. The van der Waals surface area contributed by atoms with Crippen LogP contribution in [0.2, 0.25) is 0 Å². The van der Waals surface area contributed by atoms with Gasteiger partial charge in [0.1, 0.15) is 21.5 Å². The maximum atomic E-state index is 10.4. The van der Waals surface area contributed by atoms with Crippen molar-refractivity contribution in [2.75, 3.05) is 48.0 Å². The summed E-state index contributed by atoms with van der Waals surface area (Å²) in [5, 5.41) is 0. The van der Waals surface area contributed by atoms with Gasteiger partial charge in [-0.15, -0.1) is 0 Å². The summed E-state index contributed by atoms with van der Waals surface area (Å²) in [5.41, 5.74) is 8.78. The SMILES string of the molecule is CCCCC.CCCCS(=O)(=O)[O-].Cc1ccc(-c2ccc([N+](C)(C)C)cc2)cc1.Cc1ccc(S(=O)(=O)[O-])cc1.Cc1ccc([N+](C)(C)C)cc1.F[P-](F)(F)(F)(F)F.F[P-](F)(F)(F)(F)F.F[P-](F)(F)(F)(F)F.[Na+].[Na+]. The van der Waals surface area contributed by atoms with Crippen LogP contribution in [0.5, 0.6) is 0 Å². The molecule has 434 valence electrons. The van der Waals surface area contributed by atoms with Crippen molar-refractivity contribution in [2.24, 2.45) is 0 Å². The molecule has 0 aromatic heterocycles. The number of aryl methyl sites for hydroxylation is 3. The van der Waals surface area contributed by atoms with E-state index in [-0.39, 0.29) is 69.8 Å². The Hall–Kier alpha value is -1.35. The van der Waals surface area contributed by atoms with E-state index in [0.717, 1.165) is 21.0 Å². The molecule has 0 saturated heterocycles. The minimum atomic E-state index is -10.7. The molecule has 0 saturated carbocycles. The summed E-state index contributed by atoms with van der Waals surface area (Å²) in [5.74, 6) is -0.219. The van der Waals surface area contributed by atoms with Gasteiger partial charge in [-0.05, 0) is 86.8 Å². The summed E-state index contributed by atoms with van der Waals surface area (Å²) in [6.07, 6.45) is 5.31. The maximum Gasteiger partial charge on any atom is 1.00 e. The molecule has 4 aromatic carbocycles. The Morgan fingerprint density at radius 2 is 0.587 bits per heavy atom. The van der Waals surface area contributed by atoms with E-state index >= 15 is 0 Å². The van der Waals surface area contributed by atoms with Crippen molar-refractivity contribution in [3.8, 4) is 11.1 Å². The molecule has 0 amide bonds. The van der Waals surface area contributed by atoms with Gasteiger partial charge in [-0.2, -0.15) is 0 Å². The first-order valence-electron chi connectivity index (χ1n) is 20.8. The van der Waals surface area contributed by atoms with Gasteiger partial charge in [0, 0.05) is 5.75 Å². The summed E-state index contributed by atoms with van der Waals surface area (Å²) in [6.45, 7) is 12.3. The van der Waals surface area contributed by atoms with Gasteiger partial charge in [-0.25, -0.2) is 16.8 Å². The van der Waals surface area contributed by atoms with E-state index in [1.165, 1.54) is 65.0 Å². The zero-order chi connectivity index (χ0) is 59.4.